The first kappa shape index (κ1) is 7.32. The monoisotopic (exact) mass is 153 g/mol. The van der Waals surface area contributed by atoms with Crippen molar-refractivity contribution in [3.63, 3.8) is 0 Å². The number of nitrogens with two attached hydrogens (primary N) is 1. The van der Waals surface area contributed by atoms with Crippen LogP contribution in [0.3, 0.4) is 0 Å². The van der Waals surface area contributed by atoms with E-state index in [0.717, 1.165) is 12.8 Å². The molecule has 2 aliphatic rings. The molecule has 2 heterocycles. The van der Waals surface area contributed by atoms with E-state index in [0.29, 0.717) is 6.04 Å². The number of ether oxygens (including phenoxy) is 1. The van der Waals surface area contributed by atoms with Gasteiger partial charge < -0.3 is 10.5 Å². The molecule has 1 fully saturated rings. The quantitative estimate of drug-likeness (QED) is 0.531. The highest BCUT2D eigenvalue weighted by Crippen LogP contribution is 2.41. The maximum atomic E-state index is 5.91. The Bertz CT molecular complexity index is 194. The second-order valence-corrected chi connectivity index (χ2v) is 4.23. The van der Waals surface area contributed by atoms with Crippen LogP contribution in [0.2, 0.25) is 0 Å². The van der Waals surface area contributed by atoms with Crippen molar-refractivity contribution in [1.29, 1.82) is 0 Å². The van der Waals surface area contributed by atoms with E-state index in [2.05, 4.69) is 26.0 Å². The molecule has 2 aliphatic heterocycles. The van der Waals surface area contributed by atoms with Crippen LogP contribution in [0.15, 0.2) is 12.2 Å². The van der Waals surface area contributed by atoms with E-state index >= 15 is 0 Å². The van der Waals surface area contributed by atoms with Crippen molar-refractivity contribution in [3.05, 3.63) is 12.2 Å². The van der Waals surface area contributed by atoms with E-state index in [1.54, 1.807) is 0 Å². The molecule has 0 aromatic rings. The molecule has 1 saturated heterocycles. The molecule has 0 aliphatic carbocycles. The lowest BCUT2D eigenvalue weighted by Gasteiger charge is -2.39. The fourth-order valence-corrected chi connectivity index (χ4v) is 2.29. The summed E-state index contributed by atoms with van der Waals surface area (Å²) in [4.78, 5) is 0. The van der Waals surface area contributed by atoms with Gasteiger partial charge in [0.15, 0.2) is 0 Å². The van der Waals surface area contributed by atoms with Gasteiger partial charge in [-0.25, -0.2) is 0 Å². The van der Waals surface area contributed by atoms with Crippen molar-refractivity contribution in [2.75, 3.05) is 0 Å². The first-order valence-electron chi connectivity index (χ1n) is 4.18. The average Bonchev–Trinajstić information content (AvgIpc) is 2.01. The van der Waals surface area contributed by atoms with Gasteiger partial charge in [0, 0.05) is 6.04 Å². The third-order valence-corrected chi connectivity index (χ3v) is 2.59. The lowest BCUT2D eigenvalue weighted by atomic mass is 9.90. The van der Waals surface area contributed by atoms with Gasteiger partial charge in [0.2, 0.25) is 0 Å². The average molecular weight is 153 g/mol. The summed E-state index contributed by atoms with van der Waals surface area (Å²) in [6, 6.07) is 0.300. The third kappa shape index (κ3) is 1.10. The molecule has 1 unspecified atom stereocenters. The molecule has 0 amide bonds. The molecule has 62 valence electrons. The fourth-order valence-electron chi connectivity index (χ4n) is 2.29. The van der Waals surface area contributed by atoms with E-state index in [1.165, 1.54) is 0 Å². The number of rotatable bonds is 0. The molecule has 2 nitrogen and oxygen atoms in total. The molecule has 2 bridgehead atoms. The summed E-state index contributed by atoms with van der Waals surface area (Å²) in [7, 11) is 0. The minimum Gasteiger partial charge on any atom is -0.361 e. The molecular formula is C9H15NO. The second-order valence-electron chi connectivity index (χ2n) is 4.23. The summed E-state index contributed by atoms with van der Waals surface area (Å²) in [5.74, 6) is 0. The molecule has 2 N–H and O–H groups in total. The SMILES string of the molecule is C[C@]12C=C[C@](C)(CC(N)C1)O2. The summed E-state index contributed by atoms with van der Waals surface area (Å²) >= 11 is 0. The maximum absolute atomic E-state index is 5.91. The van der Waals surface area contributed by atoms with Gasteiger partial charge in [0.1, 0.15) is 0 Å². The zero-order valence-corrected chi connectivity index (χ0v) is 7.13. The molecule has 3 atom stereocenters. The van der Waals surface area contributed by atoms with Crippen LogP contribution in [0.25, 0.3) is 0 Å². The van der Waals surface area contributed by atoms with Crippen molar-refractivity contribution < 1.29 is 4.74 Å². The van der Waals surface area contributed by atoms with Crippen LogP contribution < -0.4 is 5.73 Å². The minimum atomic E-state index is -0.0770. The van der Waals surface area contributed by atoms with Gasteiger partial charge in [-0.15, -0.1) is 0 Å². The van der Waals surface area contributed by atoms with Crippen LogP contribution in [0.5, 0.6) is 0 Å². The zero-order valence-electron chi connectivity index (χ0n) is 7.13. The van der Waals surface area contributed by atoms with Gasteiger partial charge in [-0.05, 0) is 26.7 Å². The van der Waals surface area contributed by atoms with Crippen molar-refractivity contribution >= 4 is 0 Å². The lowest BCUT2D eigenvalue weighted by Crippen LogP contribution is -2.47. The fraction of sp³-hybridized carbons (Fsp3) is 0.778. The molecule has 0 saturated carbocycles. The topological polar surface area (TPSA) is 35.2 Å². The highest BCUT2D eigenvalue weighted by Gasteiger charge is 2.45. The Balaban J connectivity index is 2.28. The van der Waals surface area contributed by atoms with Crippen LogP contribution in [-0.4, -0.2) is 17.2 Å². The van der Waals surface area contributed by atoms with Gasteiger partial charge in [0.25, 0.3) is 0 Å². The number of hydrogen-bond acceptors (Lipinski definition) is 2. The van der Waals surface area contributed by atoms with Crippen molar-refractivity contribution in [2.45, 2.75) is 43.9 Å². The van der Waals surface area contributed by atoms with E-state index in [1.807, 2.05) is 0 Å². The Morgan fingerprint density at radius 3 is 2.18 bits per heavy atom. The first-order valence-corrected chi connectivity index (χ1v) is 4.18. The summed E-state index contributed by atoms with van der Waals surface area (Å²) in [6.45, 7) is 4.21. The first-order chi connectivity index (χ1) is 5.02. The molecule has 0 radical (unpaired) electrons. The van der Waals surface area contributed by atoms with Crippen molar-refractivity contribution in [3.8, 4) is 0 Å². The molecule has 0 aromatic heterocycles. The second kappa shape index (κ2) is 1.87. The predicted octanol–water partition coefficient (Wildman–Crippen LogP) is 1.21. The number of fused-ring (bicyclic) bond motifs is 2. The van der Waals surface area contributed by atoms with Gasteiger partial charge >= 0.3 is 0 Å². The minimum absolute atomic E-state index is 0.0770. The molecular weight excluding hydrogens is 138 g/mol. The van der Waals surface area contributed by atoms with Crippen molar-refractivity contribution in [1.82, 2.24) is 0 Å². The maximum Gasteiger partial charge on any atom is 0.0861 e. The Kier molecular flexibility index (Phi) is 1.25. The van der Waals surface area contributed by atoms with Crippen LogP contribution in [0.1, 0.15) is 26.7 Å². The van der Waals surface area contributed by atoms with Gasteiger partial charge in [-0.3, -0.25) is 0 Å². The summed E-state index contributed by atoms with van der Waals surface area (Å²) in [5.41, 5.74) is 5.75. The standard InChI is InChI=1S/C9H15NO/c1-8-3-4-9(2,11-8)6-7(10)5-8/h3-4,7H,5-6,10H2,1-2H3/t7?,8-,9+. The zero-order chi connectivity index (χ0) is 8.11. The smallest absolute Gasteiger partial charge is 0.0861 e. The predicted molar refractivity (Wildman–Crippen MR) is 44.2 cm³/mol. The third-order valence-electron chi connectivity index (χ3n) is 2.59. The van der Waals surface area contributed by atoms with Crippen molar-refractivity contribution in [2.24, 2.45) is 5.73 Å². The Morgan fingerprint density at radius 2 is 1.73 bits per heavy atom. The largest absolute Gasteiger partial charge is 0.361 e. The van der Waals surface area contributed by atoms with E-state index in [-0.39, 0.29) is 11.2 Å². The van der Waals surface area contributed by atoms with Gasteiger partial charge in [-0.1, -0.05) is 12.2 Å². The molecule has 0 aromatic carbocycles. The normalized spacial score (nSPS) is 55.0. The van der Waals surface area contributed by atoms with Crippen LogP contribution in [0.4, 0.5) is 0 Å². The lowest BCUT2D eigenvalue weighted by molar-refractivity contribution is -0.110. The highest BCUT2D eigenvalue weighted by atomic mass is 16.5. The summed E-state index contributed by atoms with van der Waals surface area (Å²) in [5, 5.41) is 0. The number of hydrogen-bond donors (Lipinski definition) is 1. The Hall–Kier alpha value is -0.340. The van der Waals surface area contributed by atoms with Crippen LogP contribution in [-0.2, 0) is 4.74 Å². The molecule has 2 heteroatoms. The Labute approximate surface area is 67.4 Å². The summed E-state index contributed by atoms with van der Waals surface area (Å²) in [6.07, 6.45) is 6.22. The van der Waals surface area contributed by atoms with Crippen LogP contribution in [0, 0.1) is 0 Å². The molecule has 11 heavy (non-hydrogen) atoms. The van der Waals surface area contributed by atoms with E-state index in [4.69, 9.17) is 10.5 Å². The van der Waals surface area contributed by atoms with E-state index in [9.17, 15) is 0 Å². The van der Waals surface area contributed by atoms with Gasteiger partial charge in [0.05, 0.1) is 11.2 Å². The highest BCUT2D eigenvalue weighted by molar-refractivity contribution is 5.20. The van der Waals surface area contributed by atoms with Crippen LogP contribution >= 0.6 is 0 Å². The molecule has 2 rings (SSSR count). The summed E-state index contributed by atoms with van der Waals surface area (Å²) < 4.78 is 5.85. The van der Waals surface area contributed by atoms with Gasteiger partial charge in [-0.2, -0.15) is 0 Å². The van der Waals surface area contributed by atoms with E-state index < -0.39 is 0 Å². The molecule has 0 spiro atoms. The Morgan fingerprint density at radius 1 is 1.27 bits per heavy atom.